The van der Waals surface area contributed by atoms with Gasteiger partial charge in [-0.25, -0.2) is 0 Å². The van der Waals surface area contributed by atoms with Crippen LogP contribution in [-0.4, -0.2) is 34.1 Å². The third-order valence-electron chi connectivity index (χ3n) is 4.88. The Bertz CT molecular complexity index is 728. The van der Waals surface area contributed by atoms with Crippen LogP contribution in [0.5, 0.6) is 0 Å². The highest BCUT2D eigenvalue weighted by Crippen LogP contribution is 2.37. The summed E-state index contributed by atoms with van der Waals surface area (Å²) in [5.74, 6) is 0.470. The summed E-state index contributed by atoms with van der Waals surface area (Å²) in [7, 11) is 0. The fraction of sp³-hybridized carbons (Fsp3) is 0.556. The third kappa shape index (κ3) is 3.11. The van der Waals surface area contributed by atoms with Crippen LogP contribution in [0.1, 0.15) is 48.8 Å². The zero-order chi connectivity index (χ0) is 16.6. The normalized spacial score (nSPS) is 18.0. The number of rotatable bonds is 3. The molecule has 1 atom stereocenters. The number of pyridine rings is 1. The SMILES string of the molecule is CC(C)(C)C1CCc2nc3c(C(=O)NCCO)c[nH]c3cc2C1. The first-order valence-corrected chi connectivity index (χ1v) is 8.29. The lowest BCUT2D eigenvalue weighted by molar-refractivity contribution is 0.0946. The van der Waals surface area contributed by atoms with Gasteiger partial charge >= 0.3 is 0 Å². The van der Waals surface area contributed by atoms with Crippen LogP contribution in [0.4, 0.5) is 0 Å². The molecule has 2 heterocycles. The number of nitrogens with one attached hydrogen (secondary N) is 2. The highest BCUT2D eigenvalue weighted by atomic mass is 16.3. The van der Waals surface area contributed by atoms with E-state index in [2.05, 4.69) is 37.1 Å². The monoisotopic (exact) mass is 315 g/mol. The Hall–Kier alpha value is -1.88. The summed E-state index contributed by atoms with van der Waals surface area (Å²) in [6.45, 7) is 7.08. The second-order valence-electron chi connectivity index (χ2n) is 7.48. The quantitative estimate of drug-likeness (QED) is 0.814. The minimum Gasteiger partial charge on any atom is -0.395 e. The molecule has 1 aliphatic carbocycles. The minimum absolute atomic E-state index is 0.0644. The van der Waals surface area contributed by atoms with Gasteiger partial charge in [0.25, 0.3) is 5.91 Å². The lowest BCUT2D eigenvalue weighted by atomic mass is 9.71. The molecular weight excluding hydrogens is 290 g/mol. The van der Waals surface area contributed by atoms with E-state index < -0.39 is 0 Å². The Labute approximate surface area is 136 Å². The van der Waals surface area contributed by atoms with Gasteiger partial charge in [-0.05, 0) is 42.2 Å². The van der Waals surface area contributed by atoms with Crippen molar-refractivity contribution >= 4 is 16.9 Å². The van der Waals surface area contributed by atoms with Gasteiger partial charge in [0.2, 0.25) is 0 Å². The molecule has 1 aliphatic rings. The van der Waals surface area contributed by atoms with Gasteiger partial charge in [0, 0.05) is 18.4 Å². The first-order valence-electron chi connectivity index (χ1n) is 8.29. The van der Waals surface area contributed by atoms with E-state index in [1.807, 2.05) is 0 Å². The number of hydrogen-bond acceptors (Lipinski definition) is 3. The number of carbonyl (C=O) groups excluding carboxylic acids is 1. The first-order chi connectivity index (χ1) is 10.9. The van der Waals surface area contributed by atoms with Crippen molar-refractivity contribution in [2.24, 2.45) is 11.3 Å². The topological polar surface area (TPSA) is 78.0 Å². The van der Waals surface area contributed by atoms with Gasteiger partial charge in [-0.1, -0.05) is 20.8 Å². The maximum absolute atomic E-state index is 12.1. The van der Waals surface area contributed by atoms with Crippen LogP contribution in [0.15, 0.2) is 12.3 Å². The number of amides is 1. The average Bonchev–Trinajstić information content (AvgIpc) is 2.91. The standard InChI is InChI=1S/C18H25N3O2/c1-18(2,3)12-4-5-14-11(8-12)9-15-16(21-14)13(10-20-15)17(23)19-6-7-22/h9-10,12,20,22H,4-8H2,1-3H3,(H,19,23). The van der Waals surface area contributed by atoms with E-state index in [1.54, 1.807) is 6.20 Å². The number of carbonyl (C=O) groups is 1. The van der Waals surface area contributed by atoms with Gasteiger partial charge < -0.3 is 15.4 Å². The first kappa shape index (κ1) is 16.0. The van der Waals surface area contributed by atoms with Crippen LogP contribution < -0.4 is 5.32 Å². The van der Waals surface area contributed by atoms with E-state index >= 15 is 0 Å². The molecule has 124 valence electrons. The molecule has 1 amide bonds. The van der Waals surface area contributed by atoms with E-state index in [0.717, 1.165) is 36.0 Å². The zero-order valence-corrected chi connectivity index (χ0v) is 14.1. The Morgan fingerprint density at radius 3 is 2.96 bits per heavy atom. The minimum atomic E-state index is -0.193. The summed E-state index contributed by atoms with van der Waals surface area (Å²) >= 11 is 0. The molecule has 5 nitrogen and oxygen atoms in total. The summed E-state index contributed by atoms with van der Waals surface area (Å²) < 4.78 is 0. The second kappa shape index (κ2) is 5.96. The third-order valence-corrected chi connectivity index (χ3v) is 4.88. The van der Waals surface area contributed by atoms with Crippen LogP contribution in [0.2, 0.25) is 0 Å². The number of hydrogen-bond donors (Lipinski definition) is 3. The molecule has 0 aliphatic heterocycles. The highest BCUT2D eigenvalue weighted by Gasteiger charge is 2.30. The van der Waals surface area contributed by atoms with Crippen molar-refractivity contribution in [1.82, 2.24) is 15.3 Å². The number of aromatic nitrogens is 2. The molecule has 0 fully saturated rings. The van der Waals surface area contributed by atoms with Gasteiger partial charge in [0.15, 0.2) is 0 Å². The molecule has 2 aromatic rings. The molecule has 0 saturated carbocycles. The summed E-state index contributed by atoms with van der Waals surface area (Å²) in [6.07, 6.45) is 4.87. The molecule has 3 rings (SSSR count). The zero-order valence-electron chi connectivity index (χ0n) is 14.1. The van der Waals surface area contributed by atoms with Gasteiger partial charge in [-0.3, -0.25) is 9.78 Å². The van der Waals surface area contributed by atoms with Crippen molar-refractivity contribution in [1.29, 1.82) is 0 Å². The lowest BCUT2D eigenvalue weighted by Crippen LogP contribution is -2.28. The molecule has 0 saturated heterocycles. The van der Waals surface area contributed by atoms with Crippen LogP contribution in [0.3, 0.4) is 0 Å². The molecule has 0 bridgehead atoms. The van der Waals surface area contributed by atoms with Crippen molar-refractivity contribution in [2.45, 2.75) is 40.0 Å². The maximum atomic E-state index is 12.1. The Morgan fingerprint density at radius 2 is 2.26 bits per heavy atom. The predicted octanol–water partition coefficient (Wildman–Crippen LogP) is 2.44. The molecule has 0 aromatic carbocycles. The van der Waals surface area contributed by atoms with Gasteiger partial charge in [-0.15, -0.1) is 0 Å². The molecular formula is C18H25N3O2. The van der Waals surface area contributed by atoms with Crippen molar-refractivity contribution in [3.8, 4) is 0 Å². The Morgan fingerprint density at radius 1 is 1.48 bits per heavy atom. The van der Waals surface area contributed by atoms with Crippen LogP contribution in [0, 0.1) is 11.3 Å². The molecule has 3 N–H and O–H groups in total. The molecule has 23 heavy (non-hydrogen) atoms. The highest BCUT2D eigenvalue weighted by molar-refractivity contribution is 6.05. The predicted molar refractivity (Wildman–Crippen MR) is 90.5 cm³/mol. The summed E-state index contributed by atoms with van der Waals surface area (Å²) in [5, 5.41) is 11.5. The number of aliphatic hydroxyl groups excluding tert-OH is 1. The van der Waals surface area contributed by atoms with Crippen molar-refractivity contribution in [3.63, 3.8) is 0 Å². The fourth-order valence-electron chi connectivity index (χ4n) is 3.38. The number of aliphatic hydroxyl groups is 1. The van der Waals surface area contributed by atoms with Crippen molar-refractivity contribution in [3.05, 3.63) is 29.1 Å². The second-order valence-corrected chi connectivity index (χ2v) is 7.48. The van der Waals surface area contributed by atoms with E-state index in [4.69, 9.17) is 10.1 Å². The number of fused-ring (bicyclic) bond motifs is 2. The lowest BCUT2D eigenvalue weighted by Gasteiger charge is -2.34. The largest absolute Gasteiger partial charge is 0.395 e. The molecule has 5 heteroatoms. The van der Waals surface area contributed by atoms with Crippen LogP contribution in [0.25, 0.3) is 11.0 Å². The van der Waals surface area contributed by atoms with Gasteiger partial charge in [-0.2, -0.15) is 0 Å². The molecule has 0 radical (unpaired) electrons. The van der Waals surface area contributed by atoms with Crippen LogP contribution in [-0.2, 0) is 12.8 Å². The summed E-state index contributed by atoms with van der Waals surface area (Å²) in [5.41, 5.74) is 4.91. The molecule has 0 spiro atoms. The van der Waals surface area contributed by atoms with Gasteiger partial charge in [0.1, 0.15) is 5.52 Å². The number of aromatic amines is 1. The Balaban J connectivity index is 1.93. The smallest absolute Gasteiger partial charge is 0.255 e. The van der Waals surface area contributed by atoms with Crippen molar-refractivity contribution < 1.29 is 9.90 Å². The summed E-state index contributed by atoms with van der Waals surface area (Å²) in [6, 6.07) is 2.15. The van der Waals surface area contributed by atoms with E-state index in [9.17, 15) is 4.79 Å². The molecule has 2 aromatic heterocycles. The number of nitrogens with zero attached hydrogens (tertiary/aromatic N) is 1. The van der Waals surface area contributed by atoms with Crippen LogP contribution >= 0.6 is 0 Å². The maximum Gasteiger partial charge on any atom is 0.255 e. The average molecular weight is 315 g/mol. The van der Waals surface area contributed by atoms with E-state index in [1.165, 1.54) is 5.56 Å². The van der Waals surface area contributed by atoms with Crippen molar-refractivity contribution in [2.75, 3.05) is 13.2 Å². The Kier molecular flexibility index (Phi) is 4.15. The summed E-state index contributed by atoms with van der Waals surface area (Å²) in [4.78, 5) is 20.1. The van der Waals surface area contributed by atoms with Gasteiger partial charge in [0.05, 0.1) is 17.7 Å². The van der Waals surface area contributed by atoms with E-state index in [0.29, 0.717) is 16.9 Å². The molecule has 1 unspecified atom stereocenters. The number of H-pyrrole nitrogens is 1. The number of aryl methyl sites for hydroxylation is 1. The fourth-order valence-corrected chi connectivity index (χ4v) is 3.38. The van der Waals surface area contributed by atoms with E-state index in [-0.39, 0.29) is 19.1 Å².